The lowest BCUT2D eigenvalue weighted by Gasteiger charge is -2.23. The number of para-hydroxylation sites is 6. The maximum absolute atomic E-state index is 5.14. The molecule has 0 aliphatic rings. The van der Waals surface area contributed by atoms with E-state index in [1.54, 1.807) is 0 Å². The van der Waals surface area contributed by atoms with Gasteiger partial charge in [0.1, 0.15) is 11.6 Å². The molecule has 0 N–H and O–H groups in total. The summed E-state index contributed by atoms with van der Waals surface area (Å²) in [6, 6.07) is 42.2. The van der Waals surface area contributed by atoms with Crippen molar-refractivity contribution in [1.29, 1.82) is 0 Å². The second-order valence-corrected chi connectivity index (χ2v) is 14.9. The number of imidazole rings is 2. The zero-order valence-electron chi connectivity index (χ0n) is 29.4. The van der Waals surface area contributed by atoms with Crippen LogP contribution in [-0.4, -0.2) is 29.1 Å². The summed E-state index contributed by atoms with van der Waals surface area (Å²) >= 11 is 0. The van der Waals surface area contributed by atoms with Crippen molar-refractivity contribution in [3.8, 4) is 45.0 Å². The summed E-state index contributed by atoms with van der Waals surface area (Å²) in [4.78, 5) is 20.4. The van der Waals surface area contributed by atoms with E-state index in [1.807, 2.05) is 24.5 Å². The molecule has 4 aromatic heterocycles. The highest BCUT2D eigenvalue weighted by atomic mass is 15.1. The van der Waals surface area contributed by atoms with Gasteiger partial charge < -0.3 is 0 Å². The average molecular weight is 653 g/mol. The Labute approximate surface area is 293 Å². The second-order valence-electron chi connectivity index (χ2n) is 14.9. The fraction of sp³-hybridized carbons (Fsp3) is 0.182. The molecular formula is C44H40N6. The van der Waals surface area contributed by atoms with Gasteiger partial charge in [0.05, 0.1) is 44.8 Å². The third kappa shape index (κ3) is 5.28. The summed E-state index contributed by atoms with van der Waals surface area (Å²) < 4.78 is 4.63. The molecule has 0 aliphatic heterocycles. The van der Waals surface area contributed by atoms with Gasteiger partial charge in [-0.25, -0.2) is 9.97 Å². The Kier molecular flexibility index (Phi) is 7.48. The van der Waals surface area contributed by atoms with E-state index in [1.165, 1.54) is 0 Å². The van der Waals surface area contributed by atoms with Crippen LogP contribution >= 0.6 is 0 Å². The molecule has 0 fully saturated rings. The lowest BCUT2D eigenvalue weighted by Crippen LogP contribution is -2.18. The van der Waals surface area contributed by atoms with E-state index in [4.69, 9.17) is 19.9 Å². The zero-order chi connectivity index (χ0) is 34.6. The van der Waals surface area contributed by atoms with Gasteiger partial charge in [0.15, 0.2) is 0 Å². The highest BCUT2D eigenvalue weighted by Crippen LogP contribution is 2.42. The van der Waals surface area contributed by atoms with Gasteiger partial charge in [0, 0.05) is 45.5 Å². The summed E-state index contributed by atoms with van der Waals surface area (Å²) in [6.07, 6.45) is 3.72. The summed E-state index contributed by atoms with van der Waals surface area (Å²) in [5.41, 5.74) is 11.6. The molecule has 8 rings (SSSR count). The first kappa shape index (κ1) is 31.4. The molecule has 4 heterocycles. The molecule has 6 nitrogen and oxygen atoms in total. The van der Waals surface area contributed by atoms with Crippen LogP contribution in [0.4, 0.5) is 0 Å². The molecule has 246 valence electrons. The van der Waals surface area contributed by atoms with Gasteiger partial charge in [-0.05, 0) is 48.5 Å². The minimum atomic E-state index is -0.189. The highest BCUT2D eigenvalue weighted by molar-refractivity contribution is 5.93. The minimum absolute atomic E-state index is 0.189. The maximum Gasteiger partial charge on any atom is 0.119 e. The van der Waals surface area contributed by atoms with E-state index < -0.39 is 0 Å². The van der Waals surface area contributed by atoms with E-state index >= 15 is 0 Å². The Morgan fingerprint density at radius 2 is 0.760 bits per heavy atom. The first-order chi connectivity index (χ1) is 24.1. The summed E-state index contributed by atoms with van der Waals surface area (Å²) in [5.74, 6) is 2.01. The number of fused-ring (bicyclic) bond motifs is 2. The Morgan fingerprint density at radius 3 is 1.18 bits per heavy atom. The monoisotopic (exact) mass is 652 g/mol. The van der Waals surface area contributed by atoms with Gasteiger partial charge in [-0.1, -0.05) is 114 Å². The number of rotatable bonds is 5. The van der Waals surface area contributed by atoms with Crippen molar-refractivity contribution in [2.75, 3.05) is 0 Å². The fourth-order valence-corrected chi connectivity index (χ4v) is 6.96. The van der Waals surface area contributed by atoms with Gasteiger partial charge in [0.2, 0.25) is 0 Å². The molecule has 0 atom stereocenters. The van der Waals surface area contributed by atoms with Crippen LogP contribution in [0.1, 0.15) is 53.2 Å². The maximum atomic E-state index is 5.14. The predicted molar refractivity (Wildman–Crippen MR) is 205 cm³/mol. The average Bonchev–Trinajstić information content (AvgIpc) is 3.72. The van der Waals surface area contributed by atoms with Crippen molar-refractivity contribution in [3.05, 3.63) is 145 Å². The molecule has 4 aromatic carbocycles. The topological polar surface area (TPSA) is 61.4 Å². The molecule has 0 amide bonds. The molecule has 50 heavy (non-hydrogen) atoms. The molecule has 0 saturated heterocycles. The minimum Gasteiger partial charge on any atom is -0.295 e. The molecule has 0 radical (unpaired) electrons. The quantitative estimate of drug-likeness (QED) is 0.186. The molecule has 6 heteroatoms. The Bertz CT molecular complexity index is 2340. The standard InChI is InChI=1S/C44H40N6/c1-43(2,3)41-47-33-21-9-13-25-37(33)49(41)35-23-11-7-17-29(35)31-19-15-27-45-39(31)40-32(20-16-28-46-40)30-18-8-12-24-36(30)50-38-26-14-10-22-34(38)48-42(50)44(4,5)6/h7-28H,1-6H3. The molecule has 0 spiro atoms. The van der Waals surface area contributed by atoms with Gasteiger partial charge in [0.25, 0.3) is 0 Å². The van der Waals surface area contributed by atoms with Gasteiger partial charge in [-0.2, -0.15) is 0 Å². The summed E-state index contributed by atoms with van der Waals surface area (Å²) in [5, 5.41) is 0. The van der Waals surface area contributed by atoms with E-state index in [0.29, 0.717) is 0 Å². The predicted octanol–water partition coefficient (Wildman–Crippen LogP) is 10.8. The Balaban J connectivity index is 1.36. The molecular weight excluding hydrogens is 613 g/mol. The number of nitrogens with zero attached hydrogens (tertiary/aromatic N) is 6. The van der Waals surface area contributed by atoms with Crippen molar-refractivity contribution < 1.29 is 0 Å². The lowest BCUT2D eigenvalue weighted by atomic mass is 9.93. The fourth-order valence-electron chi connectivity index (χ4n) is 6.96. The van der Waals surface area contributed by atoms with Crippen LogP contribution in [0.15, 0.2) is 134 Å². The SMILES string of the molecule is CC(C)(C)c1nc2ccccc2n1-c1ccccc1-c1cccnc1-c1ncccc1-c1ccccc1-n1c(C(C)(C)C)nc2ccccc21. The third-order valence-electron chi connectivity index (χ3n) is 9.17. The highest BCUT2D eigenvalue weighted by Gasteiger charge is 2.28. The van der Waals surface area contributed by atoms with E-state index in [0.717, 1.165) is 78.7 Å². The number of hydrogen-bond donors (Lipinski definition) is 0. The molecule has 0 unspecified atom stereocenters. The van der Waals surface area contributed by atoms with Crippen LogP contribution in [0.5, 0.6) is 0 Å². The van der Waals surface area contributed by atoms with E-state index in [-0.39, 0.29) is 10.8 Å². The third-order valence-corrected chi connectivity index (χ3v) is 9.17. The molecule has 0 aliphatic carbocycles. The smallest absolute Gasteiger partial charge is 0.119 e. The molecule has 8 aromatic rings. The Hall–Kier alpha value is -5.88. The van der Waals surface area contributed by atoms with Crippen LogP contribution in [-0.2, 0) is 10.8 Å². The summed E-state index contributed by atoms with van der Waals surface area (Å²) in [6.45, 7) is 13.3. The molecule has 0 bridgehead atoms. The summed E-state index contributed by atoms with van der Waals surface area (Å²) in [7, 11) is 0. The number of hydrogen-bond acceptors (Lipinski definition) is 4. The van der Waals surface area contributed by atoms with E-state index in [2.05, 4.69) is 160 Å². The van der Waals surface area contributed by atoms with Gasteiger partial charge >= 0.3 is 0 Å². The van der Waals surface area contributed by atoms with Gasteiger partial charge in [-0.3, -0.25) is 19.1 Å². The van der Waals surface area contributed by atoms with Crippen molar-refractivity contribution in [1.82, 2.24) is 29.1 Å². The van der Waals surface area contributed by atoms with Crippen LogP contribution in [0.2, 0.25) is 0 Å². The zero-order valence-corrected chi connectivity index (χ0v) is 29.4. The van der Waals surface area contributed by atoms with Crippen LogP contribution in [0.25, 0.3) is 67.1 Å². The van der Waals surface area contributed by atoms with E-state index in [9.17, 15) is 0 Å². The number of aromatic nitrogens is 6. The second kappa shape index (κ2) is 11.9. The van der Waals surface area contributed by atoms with Gasteiger partial charge in [-0.15, -0.1) is 0 Å². The largest absolute Gasteiger partial charge is 0.295 e. The van der Waals surface area contributed by atoms with Crippen molar-refractivity contribution in [2.24, 2.45) is 0 Å². The van der Waals surface area contributed by atoms with Crippen LogP contribution in [0, 0.1) is 0 Å². The van der Waals surface area contributed by atoms with Crippen LogP contribution in [0.3, 0.4) is 0 Å². The van der Waals surface area contributed by atoms with Crippen LogP contribution < -0.4 is 0 Å². The van der Waals surface area contributed by atoms with Crippen molar-refractivity contribution >= 4 is 22.1 Å². The van der Waals surface area contributed by atoms with Crippen molar-refractivity contribution in [2.45, 2.75) is 52.4 Å². The van der Waals surface area contributed by atoms with Crippen molar-refractivity contribution in [3.63, 3.8) is 0 Å². The number of pyridine rings is 2. The Morgan fingerprint density at radius 1 is 0.400 bits per heavy atom. The normalized spacial score (nSPS) is 12.2. The number of benzene rings is 4. The lowest BCUT2D eigenvalue weighted by molar-refractivity contribution is 0.539. The molecule has 0 saturated carbocycles. The first-order valence-corrected chi connectivity index (χ1v) is 17.2. The first-order valence-electron chi connectivity index (χ1n) is 17.2.